The Hall–Kier alpha value is -4.28. The molecule has 0 aliphatic carbocycles. The predicted octanol–water partition coefficient (Wildman–Crippen LogP) is 6.94. The first-order valence-electron chi connectivity index (χ1n) is 13.6. The van der Waals surface area contributed by atoms with E-state index in [0.29, 0.717) is 50.6 Å². The van der Waals surface area contributed by atoms with Crippen LogP contribution in [0.2, 0.25) is 5.02 Å². The Morgan fingerprint density at radius 3 is 2.53 bits per heavy atom. The zero-order valence-corrected chi connectivity index (χ0v) is 25.8. The van der Waals surface area contributed by atoms with Crippen molar-refractivity contribution in [2.75, 3.05) is 26.9 Å². The first-order valence-corrected chi connectivity index (χ1v) is 14.8. The number of aryl methyl sites for hydroxylation is 1. The molecule has 3 aromatic carbocycles. The highest BCUT2D eigenvalue weighted by Crippen LogP contribution is 2.38. The first-order chi connectivity index (χ1) is 20.7. The van der Waals surface area contributed by atoms with E-state index in [2.05, 4.69) is 36.1 Å². The Kier molecular flexibility index (Phi) is 9.37. The zero-order valence-electron chi connectivity index (χ0n) is 24.2. The lowest BCUT2D eigenvalue weighted by Crippen LogP contribution is -2.35. The van der Waals surface area contributed by atoms with E-state index in [1.807, 2.05) is 43.3 Å². The highest BCUT2D eigenvalue weighted by molar-refractivity contribution is 8.27. The Labute approximate surface area is 259 Å². The van der Waals surface area contributed by atoms with Gasteiger partial charge in [0.2, 0.25) is 5.17 Å². The summed E-state index contributed by atoms with van der Waals surface area (Å²) < 4.78 is 23.3. The summed E-state index contributed by atoms with van der Waals surface area (Å²) in [5.41, 5.74) is 2.86. The molecule has 1 N–H and O–H groups in total. The molecule has 2 aliphatic rings. The number of carbonyl (C=O) groups is 1. The second-order valence-corrected chi connectivity index (χ2v) is 11.5. The van der Waals surface area contributed by atoms with E-state index in [-0.39, 0.29) is 24.6 Å². The Balaban J connectivity index is 1.26. The molecule has 2 aliphatic heterocycles. The first kappa shape index (κ1) is 30.2. The molecule has 9 nitrogen and oxygen atoms in total. The highest BCUT2D eigenvalue weighted by Gasteiger charge is 2.36. The van der Waals surface area contributed by atoms with Gasteiger partial charge in [-0.15, -0.1) is 0 Å². The number of carbonyl (C=O) groups excluding carboxylic acids is 1. The largest absolute Gasteiger partial charge is 0.493 e. The normalized spacial score (nSPS) is 15.4. The van der Waals surface area contributed by atoms with Gasteiger partial charge >= 0.3 is 0 Å². The number of nitrogens with one attached hydrogen (secondary N) is 1. The van der Waals surface area contributed by atoms with Gasteiger partial charge in [0, 0.05) is 0 Å². The summed E-state index contributed by atoms with van der Waals surface area (Å²) in [6.45, 7) is 7.02. The van der Waals surface area contributed by atoms with Crippen LogP contribution in [0.3, 0.4) is 0 Å². The number of methoxy groups -OCH3 is 1. The monoisotopic (exact) mass is 618 g/mol. The smallest absolute Gasteiger partial charge is 0.283 e. The number of benzene rings is 3. The van der Waals surface area contributed by atoms with Gasteiger partial charge in [-0.2, -0.15) is 15.1 Å². The number of aliphatic imine (C=N–C) groups is 1. The summed E-state index contributed by atoms with van der Waals surface area (Å²) >= 11 is 7.78. The third-order valence-corrected chi connectivity index (χ3v) is 7.71. The number of hydrazone groups is 1. The van der Waals surface area contributed by atoms with E-state index in [1.54, 1.807) is 12.1 Å². The Bertz CT molecular complexity index is 1640. The second-order valence-electron chi connectivity index (χ2n) is 10.0. The summed E-state index contributed by atoms with van der Waals surface area (Å²) in [7, 11) is 1.51. The molecule has 11 heteroatoms. The number of hydrogen-bond acceptors (Lipinski definition) is 8. The van der Waals surface area contributed by atoms with Crippen molar-refractivity contribution < 1.29 is 23.7 Å². The van der Waals surface area contributed by atoms with Crippen molar-refractivity contribution in [2.24, 2.45) is 10.1 Å². The number of ether oxygens (including phenoxy) is 4. The van der Waals surface area contributed by atoms with Gasteiger partial charge in [-0.3, -0.25) is 10.2 Å². The average Bonchev–Trinajstić information content (AvgIpc) is 3.40. The van der Waals surface area contributed by atoms with Gasteiger partial charge in [-0.25, -0.2) is 0 Å². The maximum atomic E-state index is 12.9. The molecule has 2 heterocycles. The molecule has 0 saturated heterocycles. The molecule has 0 radical (unpaired) electrons. The van der Waals surface area contributed by atoms with E-state index in [4.69, 9.17) is 36.0 Å². The number of para-hydroxylation sites is 1. The van der Waals surface area contributed by atoms with Crippen molar-refractivity contribution >= 4 is 51.4 Å². The average molecular weight is 619 g/mol. The van der Waals surface area contributed by atoms with Gasteiger partial charge in [0.1, 0.15) is 36.4 Å². The molecule has 3 aromatic rings. The third kappa shape index (κ3) is 7.03. The van der Waals surface area contributed by atoms with Crippen molar-refractivity contribution in [3.63, 3.8) is 0 Å². The van der Waals surface area contributed by atoms with Gasteiger partial charge in [-0.05, 0) is 77.7 Å². The van der Waals surface area contributed by atoms with Crippen LogP contribution in [0.4, 0.5) is 0 Å². The number of hydrogen-bond donors (Lipinski definition) is 1. The van der Waals surface area contributed by atoms with Crippen LogP contribution in [-0.2, 0) is 4.79 Å². The molecule has 222 valence electrons. The van der Waals surface area contributed by atoms with Crippen LogP contribution in [0, 0.1) is 12.3 Å². The lowest BCUT2D eigenvalue weighted by atomic mass is 10.0. The maximum Gasteiger partial charge on any atom is 0.283 e. The van der Waals surface area contributed by atoms with Crippen LogP contribution in [0.25, 0.3) is 6.08 Å². The van der Waals surface area contributed by atoms with Crippen LogP contribution in [0.15, 0.2) is 76.3 Å². The van der Waals surface area contributed by atoms with Crippen molar-refractivity contribution in [2.45, 2.75) is 26.7 Å². The van der Waals surface area contributed by atoms with E-state index >= 15 is 0 Å². The minimum absolute atomic E-state index is 0.0672. The SMILES string of the molecule is COc1cc(/C=C2\C(=N)N3N=C(COc4ccccc4)SC3=NC2=O)cc(Cl)c1OCCOc1cc(C)ccc1C(C)C. The second kappa shape index (κ2) is 13.4. The zero-order chi connectivity index (χ0) is 30.5. The molecule has 0 atom stereocenters. The number of amidine groups is 2. The standard InChI is InChI=1S/C32H31ClN4O5S/c1-19(2)23-11-10-20(3)14-26(23)40-12-13-41-29-25(33)16-21(17-27(29)39-4)15-24-30(34)37-32(35-31(24)38)43-28(36-37)18-42-22-8-6-5-7-9-22/h5-11,14-17,19,34H,12-13,18H2,1-4H3/b24-15+,34-30?. The van der Waals surface area contributed by atoms with Crippen LogP contribution in [0.1, 0.15) is 36.5 Å². The lowest BCUT2D eigenvalue weighted by molar-refractivity contribution is -0.114. The summed E-state index contributed by atoms with van der Waals surface area (Å²) in [6.07, 6.45) is 1.54. The van der Waals surface area contributed by atoms with E-state index in [9.17, 15) is 4.79 Å². The molecule has 1 amide bonds. The van der Waals surface area contributed by atoms with Gasteiger partial charge < -0.3 is 18.9 Å². The van der Waals surface area contributed by atoms with Crippen molar-refractivity contribution in [1.82, 2.24) is 5.01 Å². The Morgan fingerprint density at radius 2 is 1.79 bits per heavy atom. The number of fused-ring (bicyclic) bond motifs is 1. The van der Waals surface area contributed by atoms with Gasteiger partial charge in [0.15, 0.2) is 17.3 Å². The number of amides is 1. The predicted molar refractivity (Wildman–Crippen MR) is 171 cm³/mol. The Morgan fingerprint density at radius 1 is 1.02 bits per heavy atom. The minimum Gasteiger partial charge on any atom is -0.493 e. The minimum atomic E-state index is -0.548. The summed E-state index contributed by atoms with van der Waals surface area (Å²) in [6, 6.07) is 18.8. The number of thioether (sulfide) groups is 1. The maximum absolute atomic E-state index is 12.9. The van der Waals surface area contributed by atoms with E-state index in [0.717, 1.165) is 16.9 Å². The molecule has 43 heavy (non-hydrogen) atoms. The van der Waals surface area contributed by atoms with Gasteiger partial charge in [0.05, 0.1) is 17.7 Å². The van der Waals surface area contributed by atoms with E-state index in [1.165, 1.54) is 30.0 Å². The quantitative estimate of drug-likeness (QED) is 0.183. The van der Waals surface area contributed by atoms with Crippen LogP contribution in [-0.4, -0.2) is 53.9 Å². The lowest BCUT2D eigenvalue weighted by Gasteiger charge is -2.20. The van der Waals surface area contributed by atoms with Gasteiger partial charge in [0.25, 0.3) is 5.91 Å². The molecule has 0 unspecified atom stereocenters. The summed E-state index contributed by atoms with van der Waals surface area (Å²) in [5.74, 6) is 1.95. The fraction of sp³-hybridized carbons (Fsp3) is 0.250. The third-order valence-electron chi connectivity index (χ3n) is 6.54. The topological polar surface area (TPSA) is 106 Å². The summed E-state index contributed by atoms with van der Waals surface area (Å²) in [5, 5.41) is 15.6. The molecule has 0 saturated carbocycles. The highest BCUT2D eigenvalue weighted by atomic mass is 35.5. The van der Waals surface area contributed by atoms with Crippen LogP contribution >= 0.6 is 23.4 Å². The molecular formula is C32H31ClN4O5S. The molecular weight excluding hydrogens is 588 g/mol. The van der Waals surface area contributed by atoms with E-state index < -0.39 is 5.91 Å². The fourth-order valence-electron chi connectivity index (χ4n) is 4.42. The molecule has 5 rings (SSSR count). The summed E-state index contributed by atoms with van der Waals surface area (Å²) in [4.78, 5) is 17.0. The number of rotatable bonds is 11. The van der Waals surface area contributed by atoms with Crippen LogP contribution < -0.4 is 18.9 Å². The number of halogens is 1. The van der Waals surface area contributed by atoms with Crippen molar-refractivity contribution in [3.05, 3.63) is 87.9 Å². The van der Waals surface area contributed by atoms with Gasteiger partial charge in [-0.1, -0.05) is 55.8 Å². The van der Waals surface area contributed by atoms with Crippen LogP contribution in [0.5, 0.6) is 23.0 Å². The van der Waals surface area contributed by atoms with Crippen molar-refractivity contribution in [3.8, 4) is 23.0 Å². The fourth-order valence-corrected chi connectivity index (χ4v) is 5.49. The number of nitrogens with zero attached hydrogens (tertiary/aromatic N) is 3. The molecule has 0 aromatic heterocycles. The molecule has 0 fully saturated rings. The molecule has 0 bridgehead atoms. The molecule has 0 spiro atoms. The van der Waals surface area contributed by atoms with Crippen molar-refractivity contribution in [1.29, 1.82) is 5.41 Å².